The zero-order valence-electron chi connectivity index (χ0n) is 7.83. The summed E-state index contributed by atoms with van der Waals surface area (Å²) in [6.45, 7) is 1.88. The first kappa shape index (κ1) is 9.33. The SMILES string of the molecule is Fc1cnc(NC[C@H]2CCCN2)nc1. The Morgan fingerprint density at radius 2 is 2.29 bits per heavy atom. The summed E-state index contributed by atoms with van der Waals surface area (Å²) in [5.41, 5.74) is 0. The van der Waals surface area contributed by atoms with Crippen molar-refractivity contribution in [3.63, 3.8) is 0 Å². The fourth-order valence-corrected chi connectivity index (χ4v) is 1.55. The third-order valence-corrected chi connectivity index (χ3v) is 2.29. The van der Waals surface area contributed by atoms with Gasteiger partial charge in [0.15, 0.2) is 5.82 Å². The molecule has 76 valence electrons. The standard InChI is InChI=1S/C9H13FN4/c10-7-4-12-9(13-5-7)14-6-8-2-1-3-11-8/h4-5,8,11H,1-3,6H2,(H,12,13,14)/t8-/m1/s1. The number of nitrogens with one attached hydrogen (secondary N) is 2. The molecule has 0 bridgehead atoms. The van der Waals surface area contributed by atoms with Gasteiger partial charge in [-0.15, -0.1) is 0 Å². The van der Waals surface area contributed by atoms with Gasteiger partial charge >= 0.3 is 0 Å². The number of anilines is 1. The highest BCUT2D eigenvalue weighted by Crippen LogP contribution is 2.05. The van der Waals surface area contributed by atoms with E-state index in [0.29, 0.717) is 12.0 Å². The van der Waals surface area contributed by atoms with Gasteiger partial charge in [0, 0.05) is 12.6 Å². The van der Waals surface area contributed by atoms with Crippen LogP contribution in [0.15, 0.2) is 12.4 Å². The van der Waals surface area contributed by atoms with Crippen molar-refractivity contribution in [2.45, 2.75) is 18.9 Å². The van der Waals surface area contributed by atoms with E-state index in [4.69, 9.17) is 0 Å². The molecular weight excluding hydrogens is 183 g/mol. The summed E-state index contributed by atoms with van der Waals surface area (Å²) in [5, 5.41) is 6.41. The van der Waals surface area contributed by atoms with Crippen LogP contribution in [0.4, 0.5) is 10.3 Å². The first-order valence-corrected chi connectivity index (χ1v) is 4.79. The largest absolute Gasteiger partial charge is 0.353 e. The predicted molar refractivity (Wildman–Crippen MR) is 51.5 cm³/mol. The van der Waals surface area contributed by atoms with Crippen molar-refractivity contribution >= 4 is 5.95 Å². The highest BCUT2D eigenvalue weighted by Gasteiger charge is 2.13. The van der Waals surface area contributed by atoms with Crippen molar-refractivity contribution in [1.29, 1.82) is 0 Å². The summed E-state index contributed by atoms with van der Waals surface area (Å²) in [4.78, 5) is 7.63. The third kappa shape index (κ3) is 2.38. The fourth-order valence-electron chi connectivity index (χ4n) is 1.55. The lowest BCUT2D eigenvalue weighted by Gasteiger charge is -2.10. The van der Waals surface area contributed by atoms with E-state index in [0.717, 1.165) is 25.5 Å². The number of nitrogens with zero attached hydrogens (tertiary/aromatic N) is 2. The van der Waals surface area contributed by atoms with Crippen molar-refractivity contribution in [1.82, 2.24) is 15.3 Å². The fraction of sp³-hybridized carbons (Fsp3) is 0.556. The van der Waals surface area contributed by atoms with Crippen LogP contribution >= 0.6 is 0 Å². The van der Waals surface area contributed by atoms with Crippen LogP contribution in [-0.2, 0) is 0 Å². The van der Waals surface area contributed by atoms with Crippen molar-refractivity contribution in [3.8, 4) is 0 Å². The van der Waals surface area contributed by atoms with E-state index in [1.54, 1.807) is 0 Å². The summed E-state index contributed by atoms with van der Waals surface area (Å²) in [6, 6.07) is 0.489. The van der Waals surface area contributed by atoms with Gasteiger partial charge in [-0.3, -0.25) is 0 Å². The number of hydrogen-bond acceptors (Lipinski definition) is 4. The van der Waals surface area contributed by atoms with Crippen molar-refractivity contribution in [3.05, 3.63) is 18.2 Å². The number of aromatic nitrogens is 2. The predicted octanol–water partition coefficient (Wildman–Crippen LogP) is 0.780. The second-order valence-corrected chi connectivity index (χ2v) is 3.40. The third-order valence-electron chi connectivity index (χ3n) is 2.29. The van der Waals surface area contributed by atoms with E-state index in [1.165, 1.54) is 12.8 Å². The Morgan fingerprint density at radius 1 is 1.50 bits per heavy atom. The Labute approximate surface area is 82.0 Å². The van der Waals surface area contributed by atoms with Crippen molar-refractivity contribution < 1.29 is 4.39 Å². The highest BCUT2D eigenvalue weighted by molar-refractivity contribution is 5.22. The zero-order valence-corrected chi connectivity index (χ0v) is 7.83. The van der Waals surface area contributed by atoms with Gasteiger partial charge in [0.25, 0.3) is 0 Å². The topological polar surface area (TPSA) is 49.8 Å². The zero-order chi connectivity index (χ0) is 9.80. The molecule has 2 N–H and O–H groups in total. The summed E-state index contributed by atoms with van der Waals surface area (Å²) in [6.07, 6.45) is 4.72. The smallest absolute Gasteiger partial charge is 0.222 e. The minimum atomic E-state index is -0.408. The summed E-state index contributed by atoms with van der Waals surface area (Å²) in [5.74, 6) is 0.0784. The number of rotatable bonds is 3. The van der Waals surface area contributed by atoms with Crippen molar-refractivity contribution in [2.24, 2.45) is 0 Å². The van der Waals surface area contributed by atoms with E-state index in [9.17, 15) is 4.39 Å². The molecule has 1 aliphatic rings. The van der Waals surface area contributed by atoms with Gasteiger partial charge in [-0.05, 0) is 19.4 Å². The van der Waals surface area contributed by atoms with Gasteiger partial charge in [-0.2, -0.15) is 0 Å². The molecule has 0 amide bonds. The van der Waals surface area contributed by atoms with Crippen LogP contribution in [0.2, 0.25) is 0 Å². The number of hydrogen-bond donors (Lipinski definition) is 2. The van der Waals surface area contributed by atoms with Gasteiger partial charge in [0.1, 0.15) is 0 Å². The molecule has 0 saturated carbocycles. The molecule has 0 spiro atoms. The minimum Gasteiger partial charge on any atom is -0.353 e. The molecule has 1 saturated heterocycles. The minimum absolute atomic E-state index is 0.408. The molecule has 14 heavy (non-hydrogen) atoms. The molecule has 1 aliphatic heterocycles. The molecule has 4 nitrogen and oxygen atoms in total. The first-order valence-electron chi connectivity index (χ1n) is 4.79. The van der Waals surface area contributed by atoms with Gasteiger partial charge in [-0.1, -0.05) is 0 Å². The Bertz CT molecular complexity index is 281. The highest BCUT2D eigenvalue weighted by atomic mass is 19.1. The Kier molecular flexibility index (Phi) is 2.88. The molecule has 1 aromatic heterocycles. The van der Waals surface area contributed by atoms with Crippen LogP contribution in [0.1, 0.15) is 12.8 Å². The molecular formula is C9H13FN4. The normalized spacial score (nSPS) is 21.1. The lowest BCUT2D eigenvalue weighted by Crippen LogP contribution is -2.29. The van der Waals surface area contributed by atoms with E-state index in [1.807, 2.05) is 0 Å². The Balaban J connectivity index is 1.82. The maximum absolute atomic E-state index is 12.5. The molecule has 5 heteroatoms. The summed E-state index contributed by atoms with van der Waals surface area (Å²) >= 11 is 0. The second-order valence-electron chi connectivity index (χ2n) is 3.40. The maximum Gasteiger partial charge on any atom is 0.222 e. The van der Waals surface area contributed by atoms with Crippen LogP contribution < -0.4 is 10.6 Å². The van der Waals surface area contributed by atoms with Crippen LogP contribution in [-0.4, -0.2) is 29.1 Å². The molecule has 0 unspecified atom stereocenters. The van der Waals surface area contributed by atoms with E-state index >= 15 is 0 Å². The molecule has 1 atom stereocenters. The molecule has 1 fully saturated rings. The van der Waals surface area contributed by atoms with E-state index in [2.05, 4.69) is 20.6 Å². The van der Waals surface area contributed by atoms with Gasteiger partial charge in [0.05, 0.1) is 12.4 Å². The second kappa shape index (κ2) is 4.32. The van der Waals surface area contributed by atoms with Gasteiger partial charge < -0.3 is 10.6 Å². The van der Waals surface area contributed by atoms with Crippen LogP contribution in [0.5, 0.6) is 0 Å². The molecule has 0 aliphatic carbocycles. The molecule has 1 aromatic rings. The van der Waals surface area contributed by atoms with E-state index in [-0.39, 0.29) is 0 Å². The molecule has 0 radical (unpaired) electrons. The lowest BCUT2D eigenvalue weighted by atomic mass is 10.2. The Hall–Kier alpha value is -1.23. The van der Waals surface area contributed by atoms with Gasteiger partial charge in [-0.25, -0.2) is 14.4 Å². The lowest BCUT2D eigenvalue weighted by molar-refractivity contribution is 0.610. The number of halogens is 1. The molecule has 2 rings (SSSR count). The molecule has 0 aromatic carbocycles. The summed E-state index contributed by atoms with van der Waals surface area (Å²) < 4.78 is 12.5. The van der Waals surface area contributed by atoms with Crippen LogP contribution in [0.25, 0.3) is 0 Å². The quantitative estimate of drug-likeness (QED) is 0.750. The molecule has 2 heterocycles. The van der Waals surface area contributed by atoms with Crippen LogP contribution in [0, 0.1) is 5.82 Å². The monoisotopic (exact) mass is 196 g/mol. The average Bonchev–Trinajstić information content (AvgIpc) is 2.70. The van der Waals surface area contributed by atoms with Crippen molar-refractivity contribution in [2.75, 3.05) is 18.4 Å². The first-order chi connectivity index (χ1) is 6.84. The summed E-state index contributed by atoms with van der Waals surface area (Å²) in [7, 11) is 0. The van der Waals surface area contributed by atoms with Gasteiger partial charge in [0.2, 0.25) is 5.95 Å². The maximum atomic E-state index is 12.5. The van der Waals surface area contributed by atoms with E-state index < -0.39 is 5.82 Å². The van der Waals surface area contributed by atoms with Crippen LogP contribution in [0.3, 0.4) is 0 Å². The Morgan fingerprint density at radius 3 is 2.93 bits per heavy atom. The average molecular weight is 196 g/mol.